The first-order valence-corrected chi connectivity index (χ1v) is 8.18. The molecule has 0 spiro atoms. The van der Waals surface area contributed by atoms with E-state index < -0.39 is 0 Å². The van der Waals surface area contributed by atoms with Gasteiger partial charge in [-0.3, -0.25) is 4.79 Å². The third kappa shape index (κ3) is 4.17. The van der Waals surface area contributed by atoms with E-state index >= 15 is 0 Å². The molecule has 0 bridgehead atoms. The first-order chi connectivity index (χ1) is 12.2. The van der Waals surface area contributed by atoms with Crippen molar-refractivity contribution in [2.24, 2.45) is 0 Å². The van der Waals surface area contributed by atoms with Gasteiger partial charge in [0.05, 0.1) is 19.2 Å². The molecule has 5 heteroatoms. The molecule has 2 aromatic carbocycles. The van der Waals surface area contributed by atoms with E-state index in [1.165, 1.54) is 4.68 Å². The lowest BCUT2D eigenvalue weighted by molar-refractivity contribution is 0.415. The fourth-order valence-corrected chi connectivity index (χ4v) is 2.56. The summed E-state index contributed by atoms with van der Waals surface area (Å²) in [7, 11) is 1.61. The Morgan fingerprint density at radius 2 is 1.80 bits per heavy atom. The van der Waals surface area contributed by atoms with Crippen LogP contribution in [0.4, 0.5) is 0 Å². The van der Waals surface area contributed by atoms with Gasteiger partial charge in [0.25, 0.3) is 5.56 Å². The standard InChI is InChI=1S/C20H17ClN2O2/c1-25-18-10-6-16(7-11-18)19-12-13-22-23(20(19)24)14-2-3-15-4-8-17(21)9-5-15/h2-13H,14H2,1H3. The van der Waals surface area contributed by atoms with Crippen LogP contribution in [0.2, 0.25) is 5.02 Å². The molecule has 0 N–H and O–H groups in total. The SMILES string of the molecule is COc1ccc(-c2ccnn(CC=Cc3ccc(Cl)cc3)c2=O)cc1. The second kappa shape index (κ2) is 7.81. The van der Waals surface area contributed by atoms with Crippen molar-refractivity contribution in [1.82, 2.24) is 9.78 Å². The van der Waals surface area contributed by atoms with E-state index in [-0.39, 0.29) is 5.56 Å². The lowest BCUT2D eigenvalue weighted by atomic mass is 10.1. The molecule has 0 unspecified atom stereocenters. The zero-order chi connectivity index (χ0) is 17.6. The molecule has 25 heavy (non-hydrogen) atoms. The van der Waals surface area contributed by atoms with Crippen molar-refractivity contribution in [2.75, 3.05) is 7.11 Å². The molecule has 0 saturated carbocycles. The molecule has 1 heterocycles. The Kier molecular flexibility index (Phi) is 5.31. The number of allylic oxidation sites excluding steroid dienone is 1. The summed E-state index contributed by atoms with van der Waals surface area (Å²) < 4.78 is 6.58. The van der Waals surface area contributed by atoms with Crippen molar-refractivity contribution in [3.8, 4) is 16.9 Å². The highest BCUT2D eigenvalue weighted by atomic mass is 35.5. The van der Waals surface area contributed by atoms with Crippen molar-refractivity contribution in [3.63, 3.8) is 0 Å². The van der Waals surface area contributed by atoms with E-state index in [0.717, 1.165) is 16.9 Å². The summed E-state index contributed by atoms with van der Waals surface area (Å²) in [6.45, 7) is 0.394. The van der Waals surface area contributed by atoms with Gasteiger partial charge in [0.15, 0.2) is 0 Å². The molecule has 1 aromatic heterocycles. The zero-order valence-electron chi connectivity index (χ0n) is 13.7. The van der Waals surface area contributed by atoms with Gasteiger partial charge in [-0.1, -0.05) is 48.0 Å². The summed E-state index contributed by atoms with van der Waals surface area (Å²) in [6, 6.07) is 16.6. The van der Waals surface area contributed by atoms with Crippen LogP contribution in [-0.4, -0.2) is 16.9 Å². The summed E-state index contributed by atoms with van der Waals surface area (Å²) in [5.41, 5.74) is 2.33. The van der Waals surface area contributed by atoms with Crippen molar-refractivity contribution < 1.29 is 4.74 Å². The van der Waals surface area contributed by atoms with Crippen LogP contribution in [-0.2, 0) is 6.54 Å². The quantitative estimate of drug-likeness (QED) is 0.688. The summed E-state index contributed by atoms with van der Waals surface area (Å²) >= 11 is 5.87. The summed E-state index contributed by atoms with van der Waals surface area (Å²) in [6.07, 6.45) is 5.47. The molecule has 4 nitrogen and oxygen atoms in total. The Labute approximate surface area is 151 Å². The van der Waals surface area contributed by atoms with Gasteiger partial charge < -0.3 is 4.74 Å². The number of methoxy groups -OCH3 is 1. The summed E-state index contributed by atoms with van der Waals surface area (Å²) in [5.74, 6) is 0.754. The highest BCUT2D eigenvalue weighted by molar-refractivity contribution is 6.30. The van der Waals surface area contributed by atoms with Crippen molar-refractivity contribution in [3.05, 3.63) is 87.8 Å². The van der Waals surface area contributed by atoms with E-state index in [9.17, 15) is 4.79 Å². The van der Waals surface area contributed by atoms with Gasteiger partial charge in [0.2, 0.25) is 0 Å². The van der Waals surface area contributed by atoms with Crippen LogP contribution in [0.25, 0.3) is 17.2 Å². The van der Waals surface area contributed by atoms with Crippen LogP contribution in [0.3, 0.4) is 0 Å². The van der Waals surface area contributed by atoms with Crippen LogP contribution in [0.1, 0.15) is 5.56 Å². The van der Waals surface area contributed by atoms with Crippen LogP contribution < -0.4 is 10.3 Å². The Morgan fingerprint density at radius 1 is 1.08 bits per heavy atom. The van der Waals surface area contributed by atoms with Gasteiger partial charge >= 0.3 is 0 Å². The normalized spacial score (nSPS) is 11.0. The molecule has 0 fully saturated rings. The minimum absolute atomic E-state index is 0.131. The highest BCUT2D eigenvalue weighted by Crippen LogP contribution is 2.19. The molecule has 3 rings (SSSR count). The summed E-state index contributed by atoms with van der Waals surface area (Å²) in [5, 5.41) is 4.85. The van der Waals surface area contributed by atoms with Crippen molar-refractivity contribution in [1.29, 1.82) is 0 Å². The largest absolute Gasteiger partial charge is 0.497 e. The third-order valence-electron chi connectivity index (χ3n) is 3.77. The van der Waals surface area contributed by atoms with E-state index in [1.54, 1.807) is 19.4 Å². The molecule has 0 aliphatic heterocycles. The van der Waals surface area contributed by atoms with Crippen LogP contribution in [0.5, 0.6) is 5.75 Å². The Bertz CT molecular complexity index is 929. The monoisotopic (exact) mass is 352 g/mol. The van der Waals surface area contributed by atoms with E-state index in [0.29, 0.717) is 17.1 Å². The van der Waals surface area contributed by atoms with Crippen LogP contribution in [0.15, 0.2) is 71.7 Å². The average Bonchev–Trinajstić information content (AvgIpc) is 2.65. The van der Waals surface area contributed by atoms with Gasteiger partial charge in [0, 0.05) is 11.2 Å². The molecule has 0 saturated heterocycles. The highest BCUT2D eigenvalue weighted by Gasteiger charge is 2.06. The molecule has 0 radical (unpaired) electrons. The number of nitrogens with zero attached hydrogens (tertiary/aromatic N) is 2. The van der Waals surface area contributed by atoms with E-state index in [2.05, 4.69) is 5.10 Å². The molecule has 0 amide bonds. The number of hydrogen-bond donors (Lipinski definition) is 0. The number of rotatable bonds is 5. The van der Waals surface area contributed by atoms with Crippen molar-refractivity contribution >= 4 is 17.7 Å². The van der Waals surface area contributed by atoms with Crippen molar-refractivity contribution in [2.45, 2.75) is 6.54 Å². The predicted molar refractivity (Wildman–Crippen MR) is 101 cm³/mol. The van der Waals surface area contributed by atoms with Gasteiger partial charge in [-0.2, -0.15) is 5.10 Å². The molecule has 3 aromatic rings. The maximum Gasteiger partial charge on any atom is 0.274 e. The molecule has 0 aliphatic carbocycles. The lowest BCUT2D eigenvalue weighted by Crippen LogP contribution is -2.23. The van der Waals surface area contributed by atoms with Gasteiger partial charge in [-0.25, -0.2) is 4.68 Å². The van der Waals surface area contributed by atoms with Gasteiger partial charge in [-0.15, -0.1) is 0 Å². The fourth-order valence-electron chi connectivity index (χ4n) is 2.43. The second-order valence-electron chi connectivity index (χ2n) is 5.41. The molecular formula is C20H17ClN2O2. The second-order valence-corrected chi connectivity index (χ2v) is 5.85. The molecule has 0 atom stereocenters. The topological polar surface area (TPSA) is 44.1 Å². The van der Waals surface area contributed by atoms with Crippen LogP contribution >= 0.6 is 11.6 Å². The number of halogens is 1. The number of benzene rings is 2. The number of hydrogen-bond acceptors (Lipinski definition) is 3. The lowest BCUT2D eigenvalue weighted by Gasteiger charge is -2.06. The zero-order valence-corrected chi connectivity index (χ0v) is 14.5. The minimum atomic E-state index is -0.131. The van der Waals surface area contributed by atoms with E-state index in [1.807, 2.05) is 60.7 Å². The Balaban J connectivity index is 1.80. The molecule has 126 valence electrons. The third-order valence-corrected chi connectivity index (χ3v) is 4.02. The average molecular weight is 353 g/mol. The van der Waals surface area contributed by atoms with E-state index in [4.69, 9.17) is 16.3 Å². The Morgan fingerprint density at radius 3 is 2.48 bits per heavy atom. The van der Waals surface area contributed by atoms with Gasteiger partial charge in [0.1, 0.15) is 5.75 Å². The van der Waals surface area contributed by atoms with Crippen LogP contribution in [0, 0.1) is 0 Å². The van der Waals surface area contributed by atoms with Gasteiger partial charge in [-0.05, 0) is 41.5 Å². The Hall–Kier alpha value is -2.85. The molecular weight excluding hydrogens is 336 g/mol. The maximum absolute atomic E-state index is 12.6. The number of ether oxygens (including phenoxy) is 1. The number of aromatic nitrogens is 2. The summed E-state index contributed by atoms with van der Waals surface area (Å²) in [4.78, 5) is 12.6. The molecule has 0 aliphatic rings. The minimum Gasteiger partial charge on any atom is -0.497 e. The predicted octanol–water partition coefficient (Wildman–Crippen LogP) is 4.29. The first-order valence-electron chi connectivity index (χ1n) is 7.80. The smallest absolute Gasteiger partial charge is 0.274 e. The first kappa shape index (κ1) is 17.0. The maximum atomic E-state index is 12.6. The fraction of sp³-hybridized carbons (Fsp3) is 0.100.